The Labute approximate surface area is 182 Å². The monoisotopic (exact) mass is 436 g/mol. The largest absolute Gasteiger partial charge is 0.444 e. The molecular formula is C22H21FN6O3. The summed E-state index contributed by atoms with van der Waals surface area (Å²) >= 11 is 0. The predicted molar refractivity (Wildman–Crippen MR) is 117 cm³/mol. The number of H-pyrrole nitrogens is 1. The van der Waals surface area contributed by atoms with Crippen molar-refractivity contribution >= 4 is 11.4 Å². The molecule has 0 aliphatic heterocycles. The third-order valence-corrected chi connectivity index (χ3v) is 4.11. The molecule has 0 saturated carbocycles. The van der Waals surface area contributed by atoms with Crippen LogP contribution >= 0.6 is 0 Å². The van der Waals surface area contributed by atoms with Crippen LogP contribution in [0.4, 0.5) is 4.39 Å². The summed E-state index contributed by atoms with van der Waals surface area (Å²) in [5.74, 6) is -0.101. The van der Waals surface area contributed by atoms with Crippen molar-refractivity contribution in [3.05, 3.63) is 94.6 Å². The molecule has 10 heteroatoms. The zero-order chi connectivity index (χ0) is 22.9. The van der Waals surface area contributed by atoms with Crippen LogP contribution < -0.4 is 11.3 Å². The van der Waals surface area contributed by atoms with Gasteiger partial charge in [-0.1, -0.05) is 37.2 Å². The van der Waals surface area contributed by atoms with Gasteiger partial charge < -0.3 is 19.7 Å². The zero-order valence-corrected chi connectivity index (χ0v) is 17.4. The molecule has 0 unspecified atom stereocenters. The highest BCUT2D eigenvalue weighted by Crippen LogP contribution is 2.13. The first-order valence-corrected chi connectivity index (χ1v) is 9.77. The summed E-state index contributed by atoms with van der Waals surface area (Å²) < 4.78 is 23.9. The lowest BCUT2D eigenvalue weighted by Crippen LogP contribution is -2.16. The van der Waals surface area contributed by atoms with Gasteiger partial charge in [-0.2, -0.15) is 0 Å². The van der Waals surface area contributed by atoms with E-state index in [2.05, 4.69) is 25.1 Å². The van der Waals surface area contributed by atoms with E-state index in [0.717, 1.165) is 0 Å². The number of hydrogen-bond acceptors (Lipinski definition) is 8. The summed E-state index contributed by atoms with van der Waals surface area (Å²) in [5, 5.41) is 3.85. The normalized spacial score (nSPS) is 11.7. The van der Waals surface area contributed by atoms with E-state index in [9.17, 15) is 9.18 Å². The highest BCUT2D eigenvalue weighted by atomic mass is 19.1. The second kappa shape index (κ2) is 10.6. The van der Waals surface area contributed by atoms with E-state index in [1.807, 2.05) is 13.8 Å². The summed E-state index contributed by atoms with van der Waals surface area (Å²) in [5.41, 5.74) is 7.08. The van der Waals surface area contributed by atoms with Gasteiger partial charge in [-0.05, 0) is 12.1 Å². The standard InChI is InChI=1S/C20H15FN6O3.C2H6/c21-14-4-2-1-3-12(14)10-24-17(16-5-7-30-27-16)9-15(22)18-25-11-13(19(28)26-18)20-23-6-8-29-20;1-2/h1-9,11H,10,22H2,(H,25,26,28);1-2H3/b15-9-,24-17?;. The number of halogens is 1. The zero-order valence-electron chi connectivity index (χ0n) is 17.4. The van der Waals surface area contributed by atoms with E-state index in [0.29, 0.717) is 17.0 Å². The van der Waals surface area contributed by atoms with E-state index in [1.165, 1.54) is 37.1 Å². The van der Waals surface area contributed by atoms with Gasteiger partial charge in [-0.25, -0.2) is 14.4 Å². The fraction of sp³-hybridized carbons (Fsp3) is 0.136. The van der Waals surface area contributed by atoms with Crippen LogP contribution in [0, 0.1) is 5.82 Å². The van der Waals surface area contributed by atoms with Crippen LogP contribution in [0.15, 0.2) is 80.1 Å². The number of aliphatic imine (C=N–C) groups is 1. The highest BCUT2D eigenvalue weighted by Gasteiger charge is 2.12. The Balaban J connectivity index is 0.00000141. The number of benzene rings is 1. The third-order valence-electron chi connectivity index (χ3n) is 4.11. The maximum Gasteiger partial charge on any atom is 0.263 e. The van der Waals surface area contributed by atoms with Crippen molar-refractivity contribution < 1.29 is 13.3 Å². The predicted octanol–water partition coefficient (Wildman–Crippen LogP) is 3.57. The van der Waals surface area contributed by atoms with Gasteiger partial charge in [0.1, 0.15) is 29.6 Å². The van der Waals surface area contributed by atoms with Crippen LogP contribution in [-0.2, 0) is 6.54 Å². The molecule has 3 heterocycles. The summed E-state index contributed by atoms with van der Waals surface area (Å²) in [6.45, 7) is 4.06. The van der Waals surface area contributed by atoms with Gasteiger partial charge in [-0.3, -0.25) is 9.79 Å². The summed E-state index contributed by atoms with van der Waals surface area (Å²) in [7, 11) is 0. The number of hydrogen-bond donors (Lipinski definition) is 2. The Kier molecular flexibility index (Phi) is 7.42. The van der Waals surface area contributed by atoms with Crippen LogP contribution in [0.5, 0.6) is 0 Å². The van der Waals surface area contributed by atoms with E-state index >= 15 is 0 Å². The van der Waals surface area contributed by atoms with Crippen LogP contribution in [0.2, 0.25) is 0 Å². The summed E-state index contributed by atoms with van der Waals surface area (Å²) in [4.78, 5) is 27.4. The molecular weight excluding hydrogens is 415 g/mol. The molecule has 9 nitrogen and oxygen atoms in total. The molecule has 0 saturated heterocycles. The minimum absolute atomic E-state index is 0.0612. The molecule has 0 amide bonds. The van der Waals surface area contributed by atoms with Gasteiger partial charge in [0, 0.05) is 17.8 Å². The molecule has 3 aromatic heterocycles. The third kappa shape index (κ3) is 5.22. The Hall–Kier alpha value is -4.34. The van der Waals surface area contributed by atoms with Crippen LogP contribution in [0.3, 0.4) is 0 Å². The minimum atomic E-state index is -0.468. The summed E-state index contributed by atoms with van der Waals surface area (Å²) in [6.07, 6.45) is 6.94. The SMILES string of the molecule is CC.N/C(=C\C(=NCc1ccccc1F)c1ccon1)c1ncc(-c2ncco2)c(=O)[nH]1. The molecule has 0 fully saturated rings. The molecule has 164 valence electrons. The van der Waals surface area contributed by atoms with Crippen molar-refractivity contribution in [2.75, 3.05) is 0 Å². The molecule has 4 aromatic rings. The van der Waals surface area contributed by atoms with Crippen molar-refractivity contribution in [2.45, 2.75) is 20.4 Å². The van der Waals surface area contributed by atoms with Crippen molar-refractivity contribution in [1.82, 2.24) is 20.1 Å². The van der Waals surface area contributed by atoms with Gasteiger partial charge >= 0.3 is 0 Å². The Morgan fingerprint density at radius 2 is 2.03 bits per heavy atom. The van der Waals surface area contributed by atoms with Crippen LogP contribution in [0.25, 0.3) is 17.2 Å². The first-order valence-electron chi connectivity index (χ1n) is 9.77. The second-order valence-corrected chi connectivity index (χ2v) is 6.09. The van der Waals surface area contributed by atoms with Gasteiger partial charge in [0.05, 0.1) is 24.2 Å². The average molecular weight is 436 g/mol. The van der Waals surface area contributed by atoms with Gasteiger partial charge in [-0.15, -0.1) is 0 Å². The fourth-order valence-electron chi connectivity index (χ4n) is 2.61. The van der Waals surface area contributed by atoms with Gasteiger partial charge in [0.15, 0.2) is 5.82 Å². The Morgan fingerprint density at radius 1 is 1.22 bits per heavy atom. The molecule has 0 bridgehead atoms. The van der Waals surface area contributed by atoms with Gasteiger partial charge in [0.25, 0.3) is 5.56 Å². The van der Waals surface area contributed by atoms with Crippen molar-refractivity contribution in [3.8, 4) is 11.5 Å². The molecule has 0 aliphatic carbocycles. The number of oxazole rings is 1. The summed E-state index contributed by atoms with van der Waals surface area (Å²) in [6, 6.07) is 7.90. The number of nitrogens with zero attached hydrogens (tertiary/aromatic N) is 4. The number of nitrogens with one attached hydrogen (secondary N) is 1. The molecule has 3 N–H and O–H groups in total. The second-order valence-electron chi connectivity index (χ2n) is 6.09. The maximum atomic E-state index is 13.9. The number of rotatable bonds is 6. The minimum Gasteiger partial charge on any atom is -0.444 e. The van der Waals surface area contributed by atoms with E-state index in [-0.39, 0.29) is 35.3 Å². The average Bonchev–Trinajstić information content (AvgIpc) is 3.53. The molecule has 32 heavy (non-hydrogen) atoms. The number of allylic oxidation sites excluding steroid dienone is 1. The quantitative estimate of drug-likeness (QED) is 0.441. The van der Waals surface area contributed by atoms with Crippen molar-refractivity contribution in [1.29, 1.82) is 0 Å². The first-order chi connectivity index (χ1) is 15.6. The van der Waals surface area contributed by atoms with Crippen molar-refractivity contribution in [3.63, 3.8) is 0 Å². The lowest BCUT2D eigenvalue weighted by atomic mass is 10.2. The molecule has 0 spiro atoms. The Morgan fingerprint density at radius 3 is 2.69 bits per heavy atom. The number of aromatic nitrogens is 4. The van der Waals surface area contributed by atoms with E-state index in [4.69, 9.17) is 14.7 Å². The van der Waals surface area contributed by atoms with E-state index < -0.39 is 5.56 Å². The van der Waals surface area contributed by atoms with Crippen LogP contribution in [-0.4, -0.2) is 25.8 Å². The molecule has 1 aromatic carbocycles. The lowest BCUT2D eigenvalue weighted by Gasteiger charge is -2.04. The van der Waals surface area contributed by atoms with Gasteiger partial charge in [0.2, 0.25) is 5.89 Å². The smallest absolute Gasteiger partial charge is 0.263 e. The topological polar surface area (TPSA) is 136 Å². The molecule has 0 atom stereocenters. The molecule has 0 aliphatic rings. The maximum absolute atomic E-state index is 13.9. The van der Waals surface area contributed by atoms with Crippen molar-refractivity contribution in [2.24, 2.45) is 10.7 Å². The fourth-order valence-corrected chi connectivity index (χ4v) is 2.61. The number of aromatic amines is 1. The molecule has 0 radical (unpaired) electrons. The lowest BCUT2D eigenvalue weighted by molar-refractivity contribution is 0.418. The first kappa shape index (κ1) is 22.3. The number of nitrogens with two attached hydrogens (primary N) is 1. The Bertz CT molecular complexity index is 1260. The highest BCUT2D eigenvalue weighted by molar-refractivity contribution is 6.10. The van der Waals surface area contributed by atoms with Crippen LogP contribution in [0.1, 0.15) is 30.9 Å². The molecule has 4 rings (SSSR count). The van der Waals surface area contributed by atoms with E-state index in [1.54, 1.807) is 24.3 Å².